The molecule has 0 unspecified atom stereocenters. The molecule has 17 heavy (non-hydrogen) atoms. The van der Waals surface area contributed by atoms with Crippen LogP contribution in [0.4, 0.5) is 0 Å². The Kier molecular flexibility index (Phi) is 3.05. The summed E-state index contributed by atoms with van der Waals surface area (Å²) >= 11 is 0. The molecule has 0 saturated carbocycles. The van der Waals surface area contributed by atoms with E-state index in [2.05, 4.69) is 14.9 Å². The van der Waals surface area contributed by atoms with Crippen LogP contribution in [0, 0.1) is 0 Å². The molecule has 0 atom stereocenters. The van der Waals surface area contributed by atoms with Gasteiger partial charge in [0.1, 0.15) is 5.82 Å². The summed E-state index contributed by atoms with van der Waals surface area (Å²) in [5.74, 6) is 0.602. The number of rotatable bonds is 2. The van der Waals surface area contributed by atoms with Gasteiger partial charge in [0.2, 0.25) is 0 Å². The van der Waals surface area contributed by atoms with Gasteiger partial charge >= 0.3 is 0 Å². The average molecular weight is 235 g/mol. The van der Waals surface area contributed by atoms with Gasteiger partial charge in [0.15, 0.2) is 5.79 Å². The minimum absolute atomic E-state index is 0.284. The van der Waals surface area contributed by atoms with E-state index in [9.17, 15) is 0 Å². The van der Waals surface area contributed by atoms with Crippen molar-refractivity contribution >= 4 is 0 Å². The molecule has 5 nitrogen and oxygen atoms in total. The van der Waals surface area contributed by atoms with E-state index in [1.165, 1.54) is 0 Å². The lowest BCUT2D eigenvalue weighted by atomic mass is 10.0. The Morgan fingerprint density at radius 2 is 1.76 bits per heavy atom. The number of nitrogens with zero attached hydrogens (tertiary/aromatic N) is 3. The van der Waals surface area contributed by atoms with Crippen molar-refractivity contribution in [3.05, 3.63) is 24.3 Å². The summed E-state index contributed by atoms with van der Waals surface area (Å²) in [7, 11) is 0. The van der Waals surface area contributed by atoms with Gasteiger partial charge in [-0.05, 0) is 6.07 Å². The zero-order chi connectivity index (χ0) is 11.6. The van der Waals surface area contributed by atoms with E-state index in [1.807, 2.05) is 6.07 Å². The Morgan fingerprint density at radius 3 is 2.41 bits per heavy atom. The van der Waals surface area contributed by atoms with Crippen molar-refractivity contribution in [3.8, 4) is 0 Å². The molecule has 2 saturated heterocycles. The van der Waals surface area contributed by atoms with Crippen molar-refractivity contribution in [1.29, 1.82) is 0 Å². The molecule has 92 valence electrons. The fraction of sp³-hybridized carbons (Fsp3) is 0.667. The Bertz CT molecular complexity index is 355. The molecule has 1 spiro atoms. The molecule has 0 N–H and O–H groups in total. The highest BCUT2D eigenvalue weighted by Gasteiger charge is 2.39. The van der Waals surface area contributed by atoms with E-state index in [0.29, 0.717) is 0 Å². The zero-order valence-electron chi connectivity index (χ0n) is 9.84. The molecule has 0 amide bonds. The maximum Gasteiger partial charge on any atom is 0.170 e. The average Bonchev–Trinajstić information content (AvgIpc) is 2.83. The van der Waals surface area contributed by atoms with Crippen molar-refractivity contribution < 1.29 is 9.47 Å². The maximum absolute atomic E-state index is 5.70. The molecule has 3 heterocycles. The zero-order valence-corrected chi connectivity index (χ0v) is 9.84. The molecule has 3 rings (SSSR count). The van der Waals surface area contributed by atoms with Crippen LogP contribution in [-0.4, -0.2) is 47.0 Å². The SMILES string of the molecule is c1cnc(CN2CCC3(CC2)OCCO3)nc1. The lowest BCUT2D eigenvalue weighted by molar-refractivity contribution is -0.185. The van der Waals surface area contributed by atoms with Crippen molar-refractivity contribution in [2.75, 3.05) is 26.3 Å². The second-order valence-electron chi connectivity index (χ2n) is 4.55. The first-order valence-corrected chi connectivity index (χ1v) is 6.13. The van der Waals surface area contributed by atoms with E-state index in [-0.39, 0.29) is 5.79 Å². The monoisotopic (exact) mass is 235 g/mol. The molecule has 5 heteroatoms. The van der Waals surface area contributed by atoms with Gasteiger partial charge in [0, 0.05) is 38.3 Å². The molecular formula is C12H17N3O2. The van der Waals surface area contributed by atoms with E-state index >= 15 is 0 Å². The van der Waals surface area contributed by atoms with Crippen molar-refractivity contribution in [2.45, 2.75) is 25.2 Å². The van der Waals surface area contributed by atoms with Crippen molar-refractivity contribution in [1.82, 2.24) is 14.9 Å². The minimum atomic E-state index is -0.284. The number of piperidine rings is 1. The third-order valence-corrected chi connectivity index (χ3v) is 3.42. The van der Waals surface area contributed by atoms with Crippen molar-refractivity contribution in [2.24, 2.45) is 0 Å². The van der Waals surface area contributed by atoms with Crippen molar-refractivity contribution in [3.63, 3.8) is 0 Å². The molecule has 0 aliphatic carbocycles. The summed E-state index contributed by atoms with van der Waals surface area (Å²) in [5, 5.41) is 0. The predicted molar refractivity (Wildman–Crippen MR) is 61.2 cm³/mol. The van der Waals surface area contributed by atoms with Gasteiger partial charge < -0.3 is 9.47 Å². The summed E-state index contributed by atoms with van der Waals surface area (Å²) in [6.07, 6.45) is 5.47. The highest BCUT2D eigenvalue weighted by Crippen LogP contribution is 2.31. The molecule has 1 aromatic heterocycles. The maximum atomic E-state index is 5.70. The van der Waals surface area contributed by atoms with Gasteiger partial charge in [-0.2, -0.15) is 0 Å². The van der Waals surface area contributed by atoms with Crippen LogP contribution in [0.1, 0.15) is 18.7 Å². The second kappa shape index (κ2) is 4.68. The normalized spacial score (nSPS) is 24.2. The van der Waals surface area contributed by atoms with Gasteiger partial charge in [-0.15, -0.1) is 0 Å². The third-order valence-electron chi connectivity index (χ3n) is 3.42. The number of hydrogen-bond donors (Lipinski definition) is 0. The summed E-state index contributed by atoms with van der Waals surface area (Å²) in [6.45, 7) is 4.26. The van der Waals surface area contributed by atoms with Gasteiger partial charge in [-0.1, -0.05) is 0 Å². The molecule has 2 fully saturated rings. The highest BCUT2D eigenvalue weighted by atomic mass is 16.7. The minimum Gasteiger partial charge on any atom is -0.347 e. The first kappa shape index (κ1) is 11.1. The van der Waals surface area contributed by atoms with Crippen LogP contribution in [0.25, 0.3) is 0 Å². The van der Waals surface area contributed by atoms with Crippen LogP contribution >= 0.6 is 0 Å². The molecule has 2 aliphatic rings. The fourth-order valence-electron chi connectivity index (χ4n) is 2.45. The second-order valence-corrected chi connectivity index (χ2v) is 4.55. The standard InChI is InChI=1S/C12H17N3O2/c1-4-13-11(14-5-1)10-15-6-2-12(3-7-15)16-8-9-17-12/h1,4-5H,2-3,6-10H2. The largest absolute Gasteiger partial charge is 0.347 e. The smallest absolute Gasteiger partial charge is 0.170 e. The summed E-state index contributed by atoms with van der Waals surface area (Å²) < 4.78 is 11.4. The Morgan fingerprint density at radius 1 is 1.12 bits per heavy atom. The topological polar surface area (TPSA) is 47.5 Å². The van der Waals surface area contributed by atoms with Crippen LogP contribution in [0.5, 0.6) is 0 Å². The molecule has 0 aromatic carbocycles. The van der Waals surface area contributed by atoms with E-state index < -0.39 is 0 Å². The Balaban J connectivity index is 1.55. The highest BCUT2D eigenvalue weighted by molar-refractivity contribution is 4.90. The third kappa shape index (κ3) is 2.46. The molecule has 0 radical (unpaired) electrons. The van der Waals surface area contributed by atoms with E-state index in [4.69, 9.17) is 9.47 Å². The molecule has 1 aromatic rings. The lowest BCUT2D eigenvalue weighted by Gasteiger charge is -2.37. The van der Waals surface area contributed by atoms with Crippen LogP contribution < -0.4 is 0 Å². The van der Waals surface area contributed by atoms with Crippen LogP contribution in [0.3, 0.4) is 0 Å². The van der Waals surface area contributed by atoms with E-state index in [0.717, 1.165) is 51.5 Å². The van der Waals surface area contributed by atoms with Gasteiger partial charge in [0.05, 0.1) is 19.8 Å². The van der Waals surface area contributed by atoms with Crippen LogP contribution in [0.2, 0.25) is 0 Å². The summed E-state index contributed by atoms with van der Waals surface area (Å²) in [4.78, 5) is 10.8. The fourth-order valence-corrected chi connectivity index (χ4v) is 2.45. The first-order valence-electron chi connectivity index (χ1n) is 6.13. The molecule has 2 aliphatic heterocycles. The van der Waals surface area contributed by atoms with Gasteiger partial charge in [-0.3, -0.25) is 4.90 Å². The summed E-state index contributed by atoms with van der Waals surface area (Å²) in [6, 6.07) is 1.84. The quantitative estimate of drug-likeness (QED) is 0.759. The first-order chi connectivity index (χ1) is 8.36. The van der Waals surface area contributed by atoms with Gasteiger partial charge in [0.25, 0.3) is 0 Å². The number of ether oxygens (including phenoxy) is 2. The van der Waals surface area contributed by atoms with Crippen LogP contribution in [0.15, 0.2) is 18.5 Å². The molecular weight excluding hydrogens is 218 g/mol. The number of hydrogen-bond acceptors (Lipinski definition) is 5. The van der Waals surface area contributed by atoms with Gasteiger partial charge in [-0.25, -0.2) is 9.97 Å². The lowest BCUT2D eigenvalue weighted by Crippen LogP contribution is -2.44. The van der Waals surface area contributed by atoms with Crippen LogP contribution in [-0.2, 0) is 16.0 Å². The predicted octanol–water partition coefficient (Wildman–Crippen LogP) is 0.815. The van der Waals surface area contributed by atoms with E-state index in [1.54, 1.807) is 12.4 Å². The number of aromatic nitrogens is 2. The Hall–Kier alpha value is -1.04. The Labute approximate surface area is 101 Å². The number of likely N-dealkylation sites (tertiary alicyclic amines) is 1. The summed E-state index contributed by atoms with van der Waals surface area (Å²) in [5.41, 5.74) is 0. The molecule has 0 bridgehead atoms.